The van der Waals surface area contributed by atoms with Gasteiger partial charge >= 0.3 is 0 Å². The Hall–Kier alpha value is -3.86. The average molecular weight is 562 g/mol. The summed E-state index contributed by atoms with van der Waals surface area (Å²) in [5.41, 5.74) is 7.23. The number of halogens is 1. The molecule has 0 saturated carbocycles. The van der Waals surface area contributed by atoms with E-state index in [0.717, 1.165) is 36.2 Å². The number of nitrogens with zero attached hydrogens (tertiary/aromatic N) is 2. The van der Waals surface area contributed by atoms with E-state index in [1.165, 1.54) is 22.1 Å². The summed E-state index contributed by atoms with van der Waals surface area (Å²) in [6.07, 6.45) is 3.45. The Balaban J connectivity index is 1.23. The van der Waals surface area contributed by atoms with Gasteiger partial charge in [-0.05, 0) is 46.4 Å². The van der Waals surface area contributed by atoms with Crippen molar-refractivity contribution in [3.63, 3.8) is 0 Å². The van der Waals surface area contributed by atoms with Gasteiger partial charge in [0.05, 0.1) is 6.04 Å². The standard InChI is InChI=1S/C36H36ClN3O/c1-2-26-15-10-18-31-33(25-38-35(26)31)32(29-16-9-17-30(37)23-29)24-34(41)39-19-21-40(22-20-39)36(27-11-5-3-6-12-27)28-13-7-4-8-14-28/h3-18,23,25,32,36,38H,2,19-22,24H2,1H3. The largest absolute Gasteiger partial charge is 0.361 e. The van der Waals surface area contributed by atoms with Crippen LogP contribution in [-0.2, 0) is 11.2 Å². The number of nitrogens with one attached hydrogen (secondary N) is 1. The predicted molar refractivity (Wildman–Crippen MR) is 168 cm³/mol. The lowest BCUT2D eigenvalue weighted by Gasteiger charge is -2.40. The zero-order valence-electron chi connectivity index (χ0n) is 23.5. The summed E-state index contributed by atoms with van der Waals surface area (Å²) in [5, 5.41) is 1.87. The predicted octanol–water partition coefficient (Wildman–Crippen LogP) is 7.84. The Bertz CT molecular complexity index is 1570. The molecule has 0 aliphatic carbocycles. The summed E-state index contributed by atoms with van der Waals surface area (Å²) in [6.45, 7) is 5.26. The third-order valence-electron chi connectivity index (χ3n) is 8.48. The Labute approximate surface area is 247 Å². The van der Waals surface area contributed by atoms with Crippen LogP contribution < -0.4 is 0 Å². The minimum Gasteiger partial charge on any atom is -0.361 e. The molecule has 5 aromatic rings. The first-order valence-electron chi connectivity index (χ1n) is 14.6. The molecule has 4 nitrogen and oxygen atoms in total. The third kappa shape index (κ3) is 5.81. The summed E-state index contributed by atoms with van der Waals surface area (Å²) in [6, 6.07) is 36.0. The van der Waals surface area contributed by atoms with E-state index in [9.17, 15) is 4.79 Å². The number of rotatable bonds is 8. The van der Waals surface area contributed by atoms with Gasteiger partial charge in [0, 0.05) is 60.6 Å². The van der Waals surface area contributed by atoms with Crippen molar-refractivity contribution >= 4 is 28.4 Å². The van der Waals surface area contributed by atoms with Gasteiger partial charge in [0.25, 0.3) is 0 Å². The van der Waals surface area contributed by atoms with Gasteiger partial charge < -0.3 is 9.88 Å². The Kier molecular flexibility index (Phi) is 8.22. The van der Waals surface area contributed by atoms with Crippen LogP contribution in [0.1, 0.15) is 53.1 Å². The molecule has 1 unspecified atom stereocenters. The van der Waals surface area contributed by atoms with E-state index < -0.39 is 0 Å². The fourth-order valence-corrected chi connectivity index (χ4v) is 6.57. The van der Waals surface area contributed by atoms with Gasteiger partial charge in [-0.2, -0.15) is 0 Å². The van der Waals surface area contributed by atoms with E-state index in [-0.39, 0.29) is 17.9 Å². The highest BCUT2D eigenvalue weighted by atomic mass is 35.5. The molecule has 208 valence electrons. The number of para-hydroxylation sites is 1. The van der Waals surface area contributed by atoms with Crippen molar-refractivity contribution in [2.24, 2.45) is 0 Å². The second-order valence-corrected chi connectivity index (χ2v) is 11.3. The molecular weight excluding hydrogens is 526 g/mol. The Morgan fingerprint density at radius 3 is 2.07 bits per heavy atom. The van der Waals surface area contributed by atoms with E-state index in [1.807, 2.05) is 23.1 Å². The van der Waals surface area contributed by atoms with Crippen LogP contribution in [0.25, 0.3) is 10.9 Å². The van der Waals surface area contributed by atoms with E-state index >= 15 is 0 Å². The molecule has 1 aliphatic heterocycles. The third-order valence-corrected chi connectivity index (χ3v) is 8.72. The van der Waals surface area contributed by atoms with Crippen LogP contribution in [0.3, 0.4) is 0 Å². The molecule has 0 bridgehead atoms. The quantitative estimate of drug-likeness (QED) is 0.209. The first-order chi connectivity index (χ1) is 20.1. The molecule has 1 amide bonds. The maximum Gasteiger partial charge on any atom is 0.223 e. The SMILES string of the molecule is CCc1cccc2c(C(CC(=O)N3CCN(C(c4ccccc4)c4ccccc4)CC3)c3cccc(Cl)c3)c[nH]c12. The molecule has 0 spiro atoms. The first-order valence-corrected chi connectivity index (χ1v) is 15.0. The molecule has 1 aliphatic rings. The number of aryl methyl sites for hydroxylation is 1. The van der Waals surface area contributed by atoms with E-state index in [4.69, 9.17) is 11.6 Å². The highest BCUT2D eigenvalue weighted by molar-refractivity contribution is 6.30. The van der Waals surface area contributed by atoms with Crippen LogP contribution >= 0.6 is 11.6 Å². The average Bonchev–Trinajstić information content (AvgIpc) is 3.45. The maximum absolute atomic E-state index is 13.9. The van der Waals surface area contributed by atoms with Crippen molar-refractivity contribution in [1.29, 1.82) is 0 Å². The molecule has 1 atom stereocenters. The van der Waals surface area contributed by atoms with E-state index in [1.54, 1.807) is 0 Å². The van der Waals surface area contributed by atoms with Crippen LogP contribution in [0.15, 0.2) is 109 Å². The monoisotopic (exact) mass is 561 g/mol. The lowest BCUT2D eigenvalue weighted by molar-refractivity contribution is -0.133. The van der Waals surface area contributed by atoms with Gasteiger partial charge in [-0.15, -0.1) is 0 Å². The highest BCUT2D eigenvalue weighted by Crippen LogP contribution is 2.36. The molecule has 0 radical (unpaired) electrons. The molecule has 1 N–H and O–H groups in total. The van der Waals surface area contributed by atoms with Gasteiger partial charge in [-0.1, -0.05) is 110 Å². The molecular formula is C36H36ClN3O. The lowest BCUT2D eigenvalue weighted by atomic mass is 9.87. The Morgan fingerprint density at radius 1 is 0.805 bits per heavy atom. The van der Waals surface area contributed by atoms with Crippen molar-refractivity contribution in [3.8, 4) is 0 Å². The van der Waals surface area contributed by atoms with Gasteiger partial charge in [0.15, 0.2) is 0 Å². The van der Waals surface area contributed by atoms with E-state index in [2.05, 4.69) is 108 Å². The molecule has 41 heavy (non-hydrogen) atoms. The molecule has 5 heteroatoms. The second kappa shape index (κ2) is 12.3. The summed E-state index contributed by atoms with van der Waals surface area (Å²) >= 11 is 6.44. The highest BCUT2D eigenvalue weighted by Gasteiger charge is 2.30. The van der Waals surface area contributed by atoms with Crippen LogP contribution in [0.5, 0.6) is 0 Å². The number of aromatic nitrogens is 1. The Morgan fingerprint density at radius 2 is 1.44 bits per heavy atom. The number of hydrogen-bond acceptors (Lipinski definition) is 2. The van der Waals surface area contributed by atoms with Crippen molar-refractivity contribution in [1.82, 2.24) is 14.8 Å². The fraction of sp³-hybridized carbons (Fsp3) is 0.250. The zero-order chi connectivity index (χ0) is 28.2. The van der Waals surface area contributed by atoms with Crippen molar-refractivity contribution in [2.45, 2.75) is 31.7 Å². The zero-order valence-corrected chi connectivity index (χ0v) is 24.2. The number of piperazine rings is 1. The van der Waals surface area contributed by atoms with Crippen LogP contribution in [0.2, 0.25) is 5.02 Å². The number of benzene rings is 4. The number of H-pyrrole nitrogens is 1. The van der Waals surface area contributed by atoms with E-state index in [0.29, 0.717) is 24.5 Å². The molecule has 1 fully saturated rings. The van der Waals surface area contributed by atoms with Crippen molar-refractivity contribution < 1.29 is 4.79 Å². The number of carbonyl (C=O) groups is 1. The number of hydrogen-bond donors (Lipinski definition) is 1. The van der Waals surface area contributed by atoms with Crippen molar-refractivity contribution in [3.05, 3.63) is 142 Å². The van der Waals surface area contributed by atoms with Crippen molar-refractivity contribution in [2.75, 3.05) is 26.2 Å². The minimum absolute atomic E-state index is 0.0820. The summed E-state index contributed by atoms with van der Waals surface area (Å²) < 4.78 is 0. The summed E-state index contributed by atoms with van der Waals surface area (Å²) in [4.78, 5) is 22.0. The molecule has 2 heterocycles. The smallest absolute Gasteiger partial charge is 0.223 e. The summed E-state index contributed by atoms with van der Waals surface area (Å²) in [5.74, 6) is 0.105. The fourth-order valence-electron chi connectivity index (χ4n) is 6.37. The first kappa shape index (κ1) is 27.3. The topological polar surface area (TPSA) is 39.3 Å². The maximum atomic E-state index is 13.9. The minimum atomic E-state index is -0.0820. The molecule has 4 aromatic carbocycles. The van der Waals surface area contributed by atoms with Gasteiger partial charge in [0.1, 0.15) is 0 Å². The normalized spacial score (nSPS) is 15.0. The second-order valence-electron chi connectivity index (χ2n) is 10.9. The van der Waals surface area contributed by atoms with Gasteiger partial charge in [-0.25, -0.2) is 0 Å². The van der Waals surface area contributed by atoms with Crippen LogP contribution in [-0.4, -0.2) is 46.9 Å². The number of fused-ring (bicyclic) bond motifs is 1. The van der Waals surface area contributed by atoms with Crippen LogP contribution in [0, 0.1) is 0 Å². The molecule has 1 saturated heterocycles. The number of aromatic amines is 1. The van der Waals surface area contributed by atoms with Crippen LogP contribution in [0.4, 0.5) is 0 Å². The number of amides is 1. The molecule has 6 rings (SSSR count). The van der Waals surface area contributed by atoms with Gasteiger partial charge in [-0.3, -0.25) is 9.69 Å². The van der Waals surface area contributed by atoms with Gasteiger partial charge in [0.2, 0.25) is 5.91 Å². The summed E-state index contributed by atoms with van der Waals surface area (Å²) in [7, 11) is 0. The lowest BCUT2D eigenvalue weighted by Crippen LogP contribution is -2.50. The molecule has 1 aromatic heterocycles. The number of carbonyl (C=O) groups excluding carboxylic acids is 1.